The van der Waals surface area contributed by atoms with Crippen LogP contribution < -0.4 is 10.2 Å². The standard InChI is InChI=1S/C18H14N2O2/c21-18-14-9-4-5-10-15(14)19-17(16-11-6-12-22-16)20(18)13-7-2-1-3-8-13/h1-12,17,19H/t17-/m1/s1. The largest absolute Gasteiger partial charge is 0.465 e. The molecule has 1 N–H and O–H groups in total. The maximum Gasteiger partial charge on any atom is 0.262 e. The minimum atomic E-state index is -0.361. The second-order valence-corrected chi connectivity index (χ2v) is 5.12. The van der Waals surface area contributed by atoms with Crippen LogP contribution in [-0.4, -0.2) is 5.91 Å². The summed E-state index contributed by atoms with van der Waals surface area (Å²) in [5, 5.41) is 3.39. The Morgan fingerprint density at radius 2 is 1.68 bits per heavy atom. The highest BCUT2D eigenvalue weighted by molar-refractivity contribution is 6.12. The van der Waals surface area contributed by atoms with Crippen molar-refractivity contribution in [3.63, 3.8) is 0 Å². The molecule has 0 spiro atoms. The Balaban J connectivity index is 1.87. The van der Waals surface area contributed by atoms with Gasteiger partial charge in [-0.15, -0.1) is 0 Å². The molecule has 4 nitrogen and oxygen atoms in total. The van der Waals surface area contributed by atoms with Gasteiger partial charge in [-0.05, 0) is 36.4 Å². The van der Waals surface area contributed by atoms with Crippen molar-refractivity contribution in [2.45, 2.75) is 6.17 Å². The van der Waals surface area contributed by atoms with Gasteiger partial charge < -0.3 is 9.73 Å². The molecule has 0 radical (unpaired) electrons. The molecule has 22 heavy (non-hydrogen) atoms. The van der Waals surface area contributed by atoms with E-state index in [0.717, 1.165) is 11.4 Å². The number of fused-ring (bicyclic) bond motifs is 1. The number of nitrogens with zero attached hydrogens (tertiary/aromatic N) is 1. The number of amides is 1. The monoisotopic (exact) mass is 290 g/mol. The molecular weight excluding hydrogens is 276 g/mol. The molecule has 1 aliphatic heterocycles. The maximum absolute atomic E-state index is 13.0. The number of hydrogen-bond acceptors (Lipinski definition) is 3. The summed E-state index contributed by atoms with van der Waals surface area (Å²) >= 11 is 0. The maximum atomic E-state index is 13.0. The lowest BCUT2D eigenvalue weighted by Crippen LogP contribution is -2.43. The van der Waals surface area contributed by atoms with Gasteiger partial charge in [0.1, 0.15) is 5.76 Å². The number of hydrogen-bond donors (Lipinski definition) is 1. The fourth-order valence-corrected chi connectivity index (χ4v) is 2.75. The highest BCUT2D eigenvalue weighted by atomic mass is 16.3. The van der Waals surface area contributed by atoms with Crippen LogP contribution in [0.15, 0.2) is 77.4 Å². The van der Waals surface area contributed by atoms with Crippen LogP contribution in [0.3, 0.4) is 0 Å². The molecule has 0 saturated heterocycles. The van der Waals surface area contributed by atoms with Gasteiger partial charge in [0.25, 0.3) is 5.91 Å². The molecule has 0 fully saturated rings. The van der Waals surface area contributed by atoms with Crippen LogP contribution in [0.25, 0.3) is 0 Å². The fourth-order valence-electron chi connectivity index (χ4n) is 2.75. The molecule has 0 aliphatic carbocycles. The SMILES string of the molecule is O=C1c2ccccc2N[C@@H](c2ccco2)N1c1ccccc1. The number of anilines is 2. The van der Waals surface area contributed by atoms with Gasteiger partial charge in [-0.25, -0.2) is 0 Å². The summed E-state index contributed by atoms with van der Waals surface area (Å²) in [4.78, 5) is 14.7. The quantitative estimate of drug-likeness (QED) is 0.774. The first-order valence-corrected chi connectivity index (χ1v) is 7.12. The van der Waals surface area contributed by atoms with Gasteiger partial charge in [0.05, 0.1) is 11.8 Å². The number of rotatable bonds is 2. The van der Waals surface area contributed by atoms with E-state index in [1.54, 1.807) is 11.2 Å². The molecule has 1 amide bonds. The van der Waals surface area contributed by atoms with Crippen LogP contribution in [0.4, 0.5) is 11.4 Å². The fraction of sp³-hybridized carbons (Fsp3) is 0.0556. The third-order valence-electron chi connectivity index (χ3n) is 3.77. The Kier molecular flexibility index (Phi) is 2.93. The van der Waals surface area contributed by atoms with Crippen molar-refractivity contribution in [1.82, 2.24) is 0 Å². The van der Waals surface area contributed by atoms with E-state index in [0.29, 0.717) is 11.3 Å². The van der Waals surface area contributed by atoms with Crippen molar-refractivity contribution in [2.75, 3.05) is 10.2 Å². The highest BCUT2D eigenvalue weighted by Gasteiger charge is 2.35. The summed E-state index contributed by atoms with van der Waals surface area (Å²) in [6.45, 7) is 0. The van der Waals surface area contributed by atoms with E-state index in [2.05, 4.69) is 5.32 Å². The average Bonchev–Trinajstić information content (AvgIpc) is 3.10. The minimum Gasteiger partial charge on any atom is -0.465 e. The van der Waals surface area contributed by atoms with E-state index in [1.807, 2.05) is 66.7 Å². The predicted octanol–water partition coefficient (Wildman–Crippen LogP) is 4.05. The minimum absolute atomic E-state index is 0.0399. The molecule has 108 valence electrons. The van der Waals surface area contributed by atoms with E-state index in [9.17, 15) is 4.79 Å². The number of carbonyl (C=O) groups excluding carboxylic acids is 1. The van der Waals surface area contributed by atoms with Gasteiger partial charge in [0.15, 0.2) is 6.17 Å². The molecule has 3 aromatic rings. The first-order valence-electron chi connectivity index (χ1n) is 7.12. The smallest absolute Gasteiger partial charge is 0.262 e. The van der Waals surface area contributed by atoms with E-state index >= 15 is 0 Å². The first kappa shape index (κ1) is 12.7. The second-order valence-electron chi connectivity index (χ2n) is 5.12. The van der Waals surface area contributed by atoms with E-state index in [-0.39, 0.29) is 12.1 Å². The molecule has 1 aliphatic rings. The molecule has 2 heterocycles. The Bertz CT molecular complexity index is 797. The zero-order valence-electron chi connectivity index (χ0n) is 11.8. The Labute approximate surface area is 128 Å². The van der Waals surface area contributed by atoms with Crippen LogP contribution in [0.5, 0.6) is 0 Å². The summed E-state index contributed by atoms with van der Waals surface area (Å²) in [5.41, 5.74) is 2.31. The summed E-state index contributed by atoms with van der Waals surface area (Å²) in [6, 6.07) is 20.8. The number of para-hydroxylation sites is 2. The zero-order valence-corrected chi connectivity index (χ0v) is 11.8. The van der Waals surface area contributed by atoms with Crippen LogP contribution in [0.1, 0.15) is 22.3 Å². The lowest BCUT2D eigenvalue weighted by atomic mass is 10.1. The second kappa shape index (κ2) is 5.07. The topological polar surface area (TPSA) is 45.5 Å². The normalized spacial score (nSPS) is 17.0. The summed E-state index contributed by atoms with van der Waals surface area (Å²) in [7, 11) is 0. The molecule has 1 aromatic heterocycles. The van der Waals surface area contributed by atoms with Gasteiger partial charge in [-0.2, -0.15) is 0 Å². The third-order valence-corrected chi connectivity index (χ3v) is 3.77. The summed E-state index contributed by atoms with van der Waals surface area (Å²) in [5.74, 6) is 0.661. The Hall–Kier alpha value is -3.01. The van der Waals surface area contributed by atoms with Gasteiger partial charge in [0.2, 0.25) is 0 Å². The molecule has 0 saturated carbocycles. The first-order chi connectivity index (χ1) is 10.8. The van der Waals surface area contributed by atoms with Gasteiger partial charge in [0, 0.05) is 11.4 Å². The molecule has 0 unspecified atom stereocenters. The van der Waals surface area contributed by atoms with E-state index < -0.39 is 0 Å². The molecule has 0 bridgehead atoms. The van der Waals surface area contributed by atoms with E-state index in [1.165, 1.54) is 0 Å². The zero-order chi connectivity index (χ0) is 14.9. The average molecular weight is 290 g/mol. The lowest BCUT2D eigenvalue weighted by Gasteiger charge is -2.36. The van der Waals surface area contributed by atoms with Crippen LogP contribution in [0.2, 0.25) is 0 Å². The Morgan fingerprint density at radius 1 is 0.909 bits per heavy atom. The third kappa shape index (κ3) is 1.97. The van der Waals surface area contributed by atoms with Crippen molar-refractivity contribution in [2.24, 2.45) is 0 Å². The summed E-state index contributed by atoms with van der Waals surface area (Å²) in [6.07, 6.45) is 1.25. The highest BCUT2D eigenvalue weighted by Crippen LogP contribution is 2.36. The van der Waals surface area contributed by atoms with Crippen LogP contribution in [0, 0.1) is 0 Å². The van der Waals surface area contributed by atoms with Crippen molar-refractivity contribution < 1.29 is 9.21 Å². The van der Waals surface area contributed by atoms with Crippen molar-refractivity contribution in [3.8, 4) is 0 Å². The van der Waals surface area contributed by atoms with Crippen molar-refractivity contribution in [3.05, 3.63) is 84.3 Å². The molecular formula is C18H14N2O2. The number of nitrogens with one attached hydrogen (secondary N) is 1. The van der Waals surface area contributed by atoms with Crippen molar-refractivity contribution in [1.29, 1.82) is 0 Å². The number of carbonyl (C=O) groups is 1. The molecule has 2 aromatic carbocycles. The van der Waals surface area contributed by atoms with Crippen LogP contribution >= 0.6 is 0 Å². The Morgan fingerprint density at radius 3 is 2.45 bits per heavy atom. The molecule has 4 rings (SSSR count). The van der Waals surface area contributed by atoms with E-state index in [4.69, 9.17) is 4.42 Å². The lowest BCUT2D eigenvalue weighted by molar-refractivity contribution is 0.0972. The molecule has 1 atom stereocenters. The molecule has 4 heteroatoms. The van der Waals surface area contributed by atoms with Gasteiger partial charge in [-0.3, -0.25) is 9.69 Å². The number of benzene rings is 2. The summed E-state index contributed by atoms with van der Waals surface area (Å²) < 4.78 is 5.53. The van der Waals surface area contributed by atoms with Crippen LogP contribution in [-0.2, 0) is 0 Å². The van der Waals surface area contributed by atoms with Gasteiger partial charge in [-0.1, -0.05) is 30.3 Å². The number of furan rings is 1. The van der Waals surface area contributed by atoms with Gasteiger partial charge >= 0.3 is 0 Å². The van der Waals surface area contributed by atoms with Crippen molar-refractivity contribution >= 4 is 17.3 Å². The predicted molar refractivity (Wildman–Crippen MR) is 84.8 cm³/mol.